The zero-order chi connectivity index (χ0) is 9.52. The number of aliphatic hydroxyl groups excluding tert-OH is 1. The Morgan fingerprint density at radius 3 is 2.54 bits per heavy atom. The molecule has 0 amide bonds. The molecule has 1 aromatic rings. The van der Waals surface area contributed by atoms with Crippen molar-refractivity contribution in [3.63, 3.8) is 0 Å². The first-order valence-corrected chi connectivity index (χ1v) is 5.82. The summed E-state index contributed by atoms with van der Waals surface area (Å²) in [7, 11) is 0. The number of alkyl halides is 1. The molecule has 1 aromatic carbocycles. The van der Waals surface area contributed by atoms with Crippen LogP contribution in [0.2, 0.25) is 0 Å². The lowest BCUT2D eigenvalue weighted by Crippen LogP contribution is -1.90. The Bertz CT molecular complexity index is 267. The van der Waals surface area contributed by atoms with Gasteiger partial charge in [-0.1, -0.05) is 59.0 Å². The lowest BCUT2D eigenvalue weighted by molar-refractivity contribution is 0.350. The molecule has 0 aromatic heterocycles. The van der Waals surface area contributed by atoms with Gasteiger partial charge in [-0.05, 0) is 17.6 Å². The van der Waals surface area contributed by atoms with Crippen LogP contribution in [-0.2, 0) is 0 Å². The fourth-order valence-electron chi connectivity index (χ4n) is 1.15. The molecule has 70 valence electrons. The summed E-state index contributed by atoms with van der Waals surface area (Å²) in [5.74, 6) is 0. The van der Waals surface area contributed by atoms with Crippen LogP contribution < -0.4 is 0 Å². The van der Waals surface area contributed by atoms with Gasteiger partial charge in [-0.15, -0.1) is 0 Å². The van der Waals surface area contributed by atoms with E-state index in [4.69, 9.17) is 5.11 Å². The number of hydrogen-bond acceptors (Lipinski definition) is 1. The smallest absolute Gasteiger partial charge is 0.0684 e. The first kappa shape index (κ1) is 10.7. The van der Waals surface area contributed by atoms with Gasteiger partial charge in [0.1, 0.15) is 0 Å². The molecule has 0 saturated carbocycles. The molecule has 1 nitrogen and oxygen atoms in total. The van der Waals surface area contributed by atoms with Crippen LogP contribution >= 0.6 is 22.6 Å². The molecule has 2 heteroatoms. The van der Waals surface area contributed by atoms with E-state index in [-0.39, 0.29) is 6.61 Å². The summed E-state index contributed by atoms with van der Waals surface area (Å²) in [4.78, 5) is 0. The van der Waals surface area contributed by atoms with Gasteiger partial charge in [0, 0.05) is 4.43 Å². The summed E-state index contributed by atoms with van der Waals surface area (Å²) in [6, 6.07) is 10.0. The average Bonchev–Trinajstić information content (AvgIpc) is 2.21. The number of hydrogen-bond donors (Lipinski definition) is 1. The molecule has 0 heterocycles. The van der Waals surface area contributed by atoms with Gasteiger partial charge in [0.2, 0.25) is 0 Å². The molecule has 13 heavy (non-hydrogen) atoms. The van der Waals surface area contributed by atoms with Gasteiger partial charge in [-0.3, -0.25) is 0 Å². The Morgan fingerprint density at radius 1 is 1.31 bits per heavy atom. The van der Waals surface area contributed by atoms with E-state index in [0.29, 0.717) is 0 Å². The van der Waals surface area contributed by atoms with Crippen molar-refractivity contribution in [3.8, 4) is 0 Å². The Kier molecular flexibility index (Phi) is 5.08. The van der Waals surface area contributed by atoms with E-state index in [2.05, 4.69) is 28.7 Å². The standard InChI is InChI=1S/C11H13IO/c12-8-4-7-11(9-13)10-5-2-1-3-6-10/h1-3,5-7,13H,4,8-9H2/b11-7+. The Hall–Kier alpha value is -0.350. The summed E-state index contributed by atoms with van der Waals surface area (Å²) in [5.41, 5.74) is 2.15. The maximum atomic E-state index is 9.14. The molecule has 0 bridgehead atoms. The third-order valence-electron chi connectivity index (χ3n) is 1.81. The Labute approximate surface area is 92.6 Å². The summed E-state index contributed by atoms with van der Waals surface area (Å²) in [6.45, 7) is 0.126. The predicted molar refractivity (Wildman–Crippen MR) is 65.0 cm³/mol. The van der Waals surface area contributed by atoms with Gasteiger partial charge in [-0.25, -0.2) is 0 Å². The summed E-state index contributed by atoms with van der Waals surface area (Å²) in [6.07, 6.45) is 3.12. The zero-order valence-electron chi connectivity index (χ0n) is 7.41. The Balaban J connectivity index is 2.78. The van der Waals surface area contributed by atoms with Crippen molar-refractivity contribution in [2.75, 3.05) is 11.0 Å². The summed E-state index contributed by atoms with van der Waals surface area (Å²) < 4.78 is 1.09. The highest BCUT2D eigenvalue weighted by molar-refractivity contribution is 14.1. The highest BCUT2D eigenvalue weighted by Crippen LogP contribution is 2.13. The van der Waals surface area contributed by atoms with Gasteiger partial charge in [0.25, 0.3) is 0 Å². The number of halogens is 1. The van der Waals surface area contributed by atoms with E-state index in [0.717, 1.165) is 22.0 Å². The van der Waals surface area contributed by atoms with E-state index < -0.39 is 0 Å². The molecule has 0 unspecified atom stereocenters. The van der Waals surface area contributed by atoms with E-state index in [9.17, 15) is 0 Å². The van der Waals surface area contributed by atoms with Crippen LogP contribution in [0, 0.1) is 0 Å². The van der Waals surface area contributed by atoms with Crippen molar-refractivity contribution in [1.82, 2.24) is 0 Å². The second-order valence-electron chi connectivity index (χ2n) is 2.73. The van der Waals surface area contributed by atoms with E-state index in [1.54, 1.807) is 0 Å². The van der Waals surface area contributed by atoms with Crippen LogP contribution in [0.4, 0.5) is 0 Å². The van der Waals surface area contributed by atoms with Gasteiger partial charge in [0.05, 0.1) is 6.61 Å². The maximum absolute atomic E-state index is 9.14. The molecule has 0 aliphatic rings. The van der Waals surface area contributed by atoms with Gasteiger partial charge in [0.15, 0.2) is 0 Å². The van der Waals surface area contributed by atoms with Crippen LogP contribution in [0.5, 0.6) is 0 Å². The largest absolute Gasteiger partial charge is 0.392 e. The zero-order valence-corrected chi connectivity index (χ0v) is 9.57. The van der Waals surface area contributed by atoms with Crippen molar-refractivity contribution < 1.29 is 5.11 Å². The van der Waals surface area contributed by atoms with Crippen molar-refractivity contribution in [3.05, 3.63) is 42.0 Å². The molecular formula is C11H13IO. The van der Waals surface area contributed by atoms with Crippen molar-refractivity contribution in [2.24, 2.45) is 0 Å². The van der Waals surface area contributed by atoms with Crippen LogP contribution in [0.3, 0.4) is 0 Å². The van der Waals surface area contributed by atoms with Crippen LogP contribution in [0.15, 0.2) is 36.4 Å². The molecule has 0 aliphatic carbocycles. The minimum atomic E-state index is 0.126. The van der Waals surface area contributed by atoms with Crippen molar-refractivity contribution in [1.29, 1.82) is 0 Å². The predicted octanol–water partition coefficient (Wildman–Crippen LogP) is 2.89. The van der Waals surface area contributed by atoms with Crippen LogP contribution in [-0.4, -0.2) is 16.1 Å². The minimum Gasteiger partial charge on any atom is -0.392 e. The van der Waals surface area contributed by atoms with Gasteiger partial charge in [-0.2, -0.15) is 0 Å². The first-order chi connectivity index (χ1) is 6.38. The van der Waals surface area contributed by atoms with Gasteiger partial charge >= 0.3 is 0 Å². The third kappa shape index (κ3) is 3.48. The van der Waals surface area contributed by atoms with Crippen molar-refractivity contribution >= 4 is 28.2 Å². The quantitative estimate of drug-likeness (QED) is 0.667. The molecular weight excluding hydrogens is 275 g/mol. The lowest BCUT2D eigenvalue weighted by atomic mass is 10.1. The SMILES string of the molecule is OC/C(=C\CCI)c1ccccc1. The third-order valence-corrected chi connectivity index (χ3v) is 2.44. The lowest BCUT2D eigenvalue weighted by Gasteiger charge is -2.03. The highest BCUT2D eigenvalue weighted by Gasteiger charge is 1.97. The minimum absolute atomic E-state index is 0.126. The van der Waals surface area contributed by atoms with E-state index in [1.165, 1.54) is 0 Å². The molecule has 1 rings (SSSR count). The number of aliphatic hydroxyl groups is 1. The molecule has 0 saturated heterocycles. The normalized spacial score (nSPS) is 11.7. The fraction of sp³-hybridized carbons (Fsp3) is 0.273. The monoisotopic (exact) mass is 288 g/mol. The molecule has 0 atom stereocenters. The molecule has 0 spiro atoms. The second-order valence-corrected chi connectivity index (χ2v) is 3.81. The highest BCUT2D eigenvalue weighted by atomic mass is 127. The van der Waals surface area contributed by atoms with E-state index >= 15 is 0 Å². The van der Waals surface area contributed by atoms with Gasteiger partial charge < -0.3 is 5.11 Å². The van der Waals surface area contributed by atoms with Crippen LogP contribution in [0.25, 0.3) is 5.57 Å². The number of allylic oxidation sites excluding steroid dienone is 1. The topological polar surface area (TPSA) is 20.2 Å². The average molecular weight is 288 g/mol. The Morgan fingerprint density at radius 2 is 2.00 bits per heavy atom. The second kappa shape index (κ2) is 6.16. The maximum Gasteiger partial charge on any atom is 0.0684 e. The van der Waals surface area contributed by atoms with Crippen molar-refractivity contribution in [2.45, 2.75) is 6.42 Å². The van der Waals surface area contributed by atoms with Crippen LogP contribution in [0.1, 0.15) is 12.0 Å². The molecule has 0 fully saturated rings. The van der Waals surface area contributed by atoms with E-state index in [1.807, 2.05) is 30.3 Å². The number of benzene rings is 1. The molecule has 1 N–H and O–H groups in total. The summed E-state index contributed by atoms with van der Waals surface area (Å²) >= 11 is 2.33. The fourth-order valence-corrected chi connectivity index (χ4v) is 1.47. The first-order valence-electron chi connectivity index (χ1n) is 4.29. The number of rotatable bonds is 4. The molecule has 0 aliphatic heterocycles. The molecule has 0 radical (unpaired) electrons. The summed E-state index contributed by atoms with van der Waals surface area (Å²) in [5, 5.41) is 9.14.